The van der Waals surface area contributed by atoms with Gasteiger partial charge in [-0.25, -0.2) is 0 Å². The van der Waals surface area contributed by atoms with E-state index in [1.807, 2.05) is 13.8 Å². The minimum absolute atomic E-state index is 0.0521. The van der Waals surface area contributed by atoms with Crippen molar-refractivity contribution >= 4 is 27.4 Å². The van der Waals surface area contributed by atoms with Crippen molar-refractivity contribution in [2.24, 2.45) is 0 Å². The van der Waals surface area contributed by atoms with Crippen molar-refractivity contribution in [1.82, 2.24) is 10.6 Å². The summed E-state index contributed by atoms with van der Waals surface area (Å²) in [5.41, 5.74) is -0.307. The number of hydrogen-bond donors (Lipinski definition) is 3. The largest absolute Gasteiger partial charge is 0.356 e. The molecular formula is C24H50N2O7P2. The molecule has 2 amide bonds. The van der Waals surface area contributed by atoms with Crippen LogP contribution in [0.3, 0.4) is 0 Å². The average molecular weight is 541 g/mol. The van der Waals surface area contributed by atoms with Crippen LogP contribution in [0.4, 0.5) is 0 Å². The van der Waals surface area contributed by atoms with E-state index < -0.39 is 15.6 Å². The molecule has 0 aliphatic heterocycles. The summed E-state index contributed by atoms with van der Waals surface area (Å²) >= 11 is 0. The van der Waals surface area contributed by atoms with Crippen molar-refractivity contribution in [2.45, 2.75) is 116 Å². The minimum Gasteiger partial charge on any atom is -0.356 e. The van der Waals surface area contributed by atoms with Gasteiger partial charge in [-0.05, 0) is 38.5 Å². The van der Waals surface area contributed by atoms with Crippen LogP contribution in [0.2, 0.25) is 0 Å². The molecule has 0 aliphatic rings. The van der Waals surface area contributed by atoms with Gasteiger partial charge in [0.05, 0.1) is 18.9 Å². The molecular weight excluding hydrogens is 490 g/mol. The van der Waals surface area contributed by atoms with Gasteiger partial charge in [0.2, 0.25) is 11.8 Å². The van der Waals surface area contributed by atoms with Gasteiger partial charge in [0, 0.05) is 31.6 Å². The van der Waals surface area contributed by atoms with Gasteiger partial charge in [-0.1, -0.05) is 53.4 Å². The lowest BCUT2D eigenvalue weighted by Gasteiger charge is -2.15. The highest BCUT2D eigenvalue weighted by Crippen LogP contribution is 2.47. The number of nitrogens with one attached hydrogen (secondary N) is 2. The van der Waals surface area contributed by atoms with Gasteiger partial charge in [-0.2, -0.15) is 0 Å². The fourth-order valence-electron chi connectivity index (χ4n) is 3.05. The van der Waals surface area contributed by atoms with Crippen molar-refractivity contribution in [1.29, 1.82) is 0 Å². The van der Waals surface area contributed by atoms with E-state index >= 15 is 0 Å². The number of amides is 2. The summed E-state index contributed by atoms with van der Waals surface area (Å²) in [6.07, 6.45) is 9.56. The van der Waals surface area contributed by atoms with Crippen LogP contribution in [-0.4, -0.2) is 54.3 Å². The van der Waals surface area contributed by atoms with E-state index in [1.165, 1.54) is 0 Å². The molecule has 0 radical (unpaired) electrons. The zero-order chi connectivity index (χ0) is 26.5. The van der Waals surface area contributed by atoms with Crippen LogP contribution in [-0.2, 0) is 27.8 Å². The highest BCUT2D eigenvalue weighted by atomic mass is 31.2. The lowest BCUT2D eigenvalue weighted by molar-refractivity contribution is -0.122. The number of carbonyl (C=O) groups excluding carboxylic acids is 2. The first-order chi connectivity index (χ1) is 16.6. The molecule has 0 bridgehead atoms. The molecule has 11 heteroatoms. The molecule has 2 atom stereocenters. The maximum Gasteiger partial charge on any atom is 0.330 e. The Balaban J connectivity index is 3.44. The van der Waals surface area contributed by atoms with Crippen LogP contribution >= 0.6 is 15.6 Å². The van der Waals surface area contributed by atoms with E-state index in [-0.39, 0.29) is 23.1 Å². The molecule has 0 aromatic carbocycles. The Morgan fingerprint density at radius 2 is 1.23 bits per heavy atom. The SMILES string of the molecule is CC(C)[PH](=O)OCCCCNC(=O)CCCCCCC(=O)NCCCCCCOP(=O)(O)C(C)C. The predicted octanol–water partition coefficient (Wildman–Crippen LogP) is 5.41. The van der Waals surface area contributed by atoms with Crippen LogP contribution in [0.15, 0.2) is 0 Å². The first-order valence-electron chi connectivity index (χ1n) is 13.2. The van der Waals surface area contributed by atoms with Crippen LogP contribution in [0.5, 0.6) is 0 Å². The van der Waals surface area contributed by atoms with Crippen molar-refractivity contribution < 1.29 is 32.7 Å². The Hall–Kier alpha value is -0.720. The third-order valence-corrected chi connectivity index (χ3v) is 8.78. The molecule has 3 N–H and O–H groups in total. The highest BCUT2D eigenvalue weighted by molar-refractivity contribution is 7.53. The molecule has 0 saturated heterocycles. The smallest absolute Gasteiger partial charge is 0.330 e. The Kier molecular flexibility index (Phi) is 20.9. The van der Waals surface area contributed by atoms with Gasteiger partial charge in [-0.3, -0.25) is 18.7 Å². The quantitative estimate of drug-likeness (QED) is 0.117. The summed E-state index contributed by atoms with van der Waals surface area (Å²) in [5.74, 6) is 0.114. The first kappa shape index (κ1) is 34.3. The molecule has 0 rings (SSSR count). The van der Waals surface area contributed by atoms with Crippen molar-refractivity contribution in [3.8, 4) is 0 Å². The maximum absolute atomic E-state index is 11.9. The van der Waals surface area contributed by atoms with Crippen LogP contribution in [0, 0.1) is 0 Å². The average Bonchev–Trinajstić information content (AvgIpc) is 2.79. The topological polar surface area (TPSA) is 131 Å². The van der Waals surface area contributed by atoms with Crippen molar-refractivity contribution in [3.05, 3.63) is 0 Å². The third-order valence-electron chi connectivity index (χ3n) is 5.49. The molecule has 35 heavy (non-hydrogen) atoms. The lowest BCUT2D eigenvalue weighted by Crippen LogP contribution is -2.24. The number of carbonyl (C=O) groups is 2. The second kappa shape index (κ2) is 21.4. The first-order valence-corrected chi connectivity index (χ1v) is 16.3. The number of rotatable bonds is 23. The summed E-state index contributed by atoms with van der Waals surface area (Å²) in [6, 6.07) is 0. The maximum atomic E-state index is 11.9. The van der Waals surface area contributed by atoms with E-state index in [2.05, 4.69) is 10.6 Å². The molecule has 0 aromatic heterocycles. The summed E-state index contributed by atoms with van der Waals surface area (Å²) < 4.78 is 33.5. The molecule has 0 aromatic rings. The summed E-state index contributed by atoms with van der Waals surface area (Å²) in [5, 5.41) is 5.83. The Morgan fingerprint density at radius 1 is 0.771 bits per heavy atom. The van der Waals surface area contributed by atoms with Gasteiger partial charge in [-0.15, -0.1) is 0 Å². The molecule has 0 aliphatic carbocycles. The fraction of sp³-hybridized carbons (Fsp3) is 0.917. The van der Waals surface area contributed by atoms with Crippen molar-refractivity contribution in [3.63, 3.8) is 0 Å². The van der Waals surface area contributed by atoms with Crippen molar-refractivity contribution in [2.75, 3.05) is 26.3 Å². The zero-order valence-corrected chi connectivity index (χ0v) is 24.2. The van der Waals surface area contributed by atoms with E-state index in [4.69, 9.17) is 9.05 Å². The van der Waals surface area contributed by atoms with E-state index in [0.717, 1.165) is 64.2 Å². The van der Waals surface area contributed by atoms with Gasteiger partial charge in [0.1, 0.15) is 0 Å². The molecule has 0 spiro atoms. The second-order valence-corrected chi connectivity index (χ2v) is 14.0. The molecule has 208 valence electrons. The molecule has 9 nitrogen and oxygen atoms in total. The zero-order valence-electron chi connectivity index (χ0n) is 22.3. The normalized spacial score (nSPS) is 14.1. The summed E-state index contributed by atoms with van der Waals surface area (Å²) in [6.45, 7) is 9.14. The van der Waals surface area contributed by atoms with E-state index in [9.17, 15) is 23.6 Å². The van der Waals surface area contributed by atoms with Gasteiger partial charge < -0.3 is 24.6 Å². The minimum atomic E-state index is -3.46. The van der Waals surface area contributed by atoms with Crippen LogP contribution in [0.25, 0.3) is 0 Å². The Bertz CT molecular complexity index is 645. The lowest BCUT2D eigenvalue weighted by atomic mass is 10.1. The molecule has 0 fully saturated rings. The Morgan fingerprint density at radius 3 is 1.74 bits per heavy atom. The van der Waals surface area contributed by atoms with Gasteiger partial charge in [0.25, 0.3) is 0 Å². The molecule has 0 heterocycles. The third kappa shape index (κ3) is 21.1. The standard InChI is InChI=1S/C24H50N2O7P2/c1-21(2)34(29)32-19-14-12-18-26-24(28)16-10-6-5-9-15-23(27)25-17-11-7-8-13-20-33-35(30,31)22(3)4/h21-22,34H,5-20H2,1-4H3,(H,25,27)(H,26,28)(H,30,31). The number of hydrogen-bond acceptors (Lipinski definition) is 6. The Labute approximate surface area is 213 Å². The molecule has 2 unspecified atom stereocenters. The van der Waals surface area contributed by atoms with Crippen LogP contribution in [0.1, 0.15) is 105 Å². The monoisotopic (exact) mass is 540 g/mol. The summed E-state index contributed by atoms with van der Waals surface area (Å²) in [4.78, 5) is 33.3. The van der Waals surface area contributed by atoms with Crippen LogP contribution < -0.4 is 10.6 Å². The summed E-state index contributed by atoms with van der Waals surface area (Å²) in [7, 11) is -5.39. The highest BCUT2D eigenvalue weighted by Gasteiger charge is 2.23. The second-order valence-electron chi connectivity index (χ2n) is 9.55. The van der Waals surface area contributed by atoms with E-state index in [1.54, 1.807) is 13.8 Å². The van der Waals surface area contributed by atoms with Gasteiger partial charge in [0.15, 0.2) is 8.03 Å². The fourth-order valence-corrected chi connectivity index (χ4v) is 4.42. The predicted molar refractivity (Wildman–Crippen MR) is 142 cm³/mol. The van der Waals surface area contributed by atoms with E-state index in [0.29, 0.717) is 39.1 Å². The number of unbranched alkanes of at least 4 members (excludes halogenated alkanes) is 7. The van der Waals surface area contributed by atoms with Gasteiger partial charge >= 0.3 is 7.60 Å². The molecule has 0 saturated carbocycles.